The molecule has 0 spiro atoms. The number of amides is 1. The molecule has 0 aliphatic carbocycles. The summed E-state index contributed by atoms with van der Waals surface area (Å²) < 4.78 is 0.932. The van der Waals surface area contributed by atoms with Gasteiger partial charge in [0.2, 0.25) is 5.91 Å². The zero-order valence-corrected chi connectivity index (χ0v) is 11.6. The van der Waals surface area contributed by atoms with E-state index in [1.807, 2.05) is 0 Å². The van der Waals surface area contributed by atoms with Gasteiger partial charge in [0, 0.05) is 23.4 Å². The second kappa shape index (κ2) is 6.14. The Balaban J connectivity index is 2.08. The zero-order valence-electron chi connectivity index (χ0n) is 10.8. The normalized spacial score (nSPS) is 10.1. The van der Waals surface area contributed by atoms with Gasteiger partial charge in [-0.25, -0.2) is 4.68 Å². The van der Waals surface area contributed by atoms with Gasteiger partial charge in [-0.1, -0.05) is 12.2 Å². The molecule has 4 N–H and O–H groups in total. The van der Waals surface area contributed by atoms with E-state index in [1.54, 1.807) is 24.3 Å². The van der Waals surface area contributed by atoms with Gasteiger partial charge < -0.3 is 11.1 Å². The minimum atomic E-state index is -0.464. The molecule has 0 bridgehead atoms. The highest BCUT2D eigenvalue weighted by atomic mass is 32.1. The van der Waals surface area contributed by atoms with Crippen molar-refractivity contribution >= 4 is 28.8 Å². The van der Waals surface area contributed by atoms with Gasteiger partial charge in [-0.3, -0.25) is 19.5 Å². The third kappa shape index (κ3) is 3.86. The maximum atomic E-state index is 11.8. The molecule has 0 atom stereocenters. The lowest BCUT2D eigenvalue weighted by Crippen LogP contribution is -2.32. The van der Waals surface area contributed by atoms with Crippen molar-refractivity contribution in [2.24, 2.45) is 5.73 Å². The van der Waals surface area contributed by atoms with Crippen molar-refractivity contribution in [2.45, 2.75) is 6.54 Å². The van der Waals surface area contributed by atoms with Crippen LogP contribution in [-0.4, -0.2) is 20.7 Å². The Morgan fingerprint density at radius 3 is 2.48 bits per heavy atom. The molecule has 0 unspecified atom stereocenters. The number of H-pyrrole nitrogens is 1. The number of aromatic nitrogens is 2. The van der Waals surface area contributed by atoms with Gasteiger partial charge in [-0.05, 0) is 24.3 Å². The number of nitrogens with one attached hydrogen (secondary N) is 2. The molecule has 21 heavy (non-hydrogen) atoms. The summed E-state index contributed by atoms with van der Waals surface area (Å²) in [6.07, 6.45) is 0. The molecule has 108 valence electrons. The number of rotatable bonds is 4. The van der Waals surface area contributed by atoms with E-state index in [0.717, 1.165) is 16.8 Å². The molecule has 0 aliphatic rings. The summed E-state index contributed by atoms with van der Waals surface area (Å²) in [5.74, 6) is -0.443. The number of hydrogen-bond acceptors (Lipinski definition) is 4. The Morgan fingerprint density at radius 2 is 1.86 bits per heavy atom. The predicted molar refractivity (Wildman–Crippen MR) is 82.3 cm³/mol. The lowest BCUT2D eigenvalue weighted by Gasteiger charge is -2.07. The van der Waals surface area contributed by atoms with Crippen LogP contribution in [0.15, 0.2) is 46.0 Å². The third-order valence-corrected chi connectivity index (χ3v) is 2.88. The van der Waals surface area contributed by atoms with Crippen molar-refractivity contribution in [3.63, 3.8) is 0 Å². The molecule has 0 saturated carbocycles. The first-order valence-corrected chi connectivity index (χ1v) is 6.36. The number of nitrogens with zero attached hydrogens (tertiary/aromatic N) is 1. The van der Waals surface area contributed by atoms with Crippen molar-refractivity contribution in [2.75, 3.05) is 5.32 Å². The highest BCUT2D eigenvalue weighted by Gasteiger charge is 2.06. The predicted octanol–water partition coefficient (Wildman–Crippen LogP) is -0.191. The van der Waals surface area contributed by atoms with Crippen LogP contribution in [0.4, 0.5) is 5.69 Å². The van der Waals surface area contributed by atoms with Crippen LogP contribution in [0.25, 0.3) is 0 Å². The van der Waals surface area contributed by atoms with Crippen molar-refractivity contribution in [3.8, 4) is 0 Å². The Bertz CT molecular complexity index is 792. The van der Waals surface area contributed by atoms with E-state index in [1.165, 1.54) is 0 Å². The van der Waals surface area contributed by atoms with Crippen molar-refractivity contribution < 1.29 is 4.79 Å². The molecule has 0 radical (unpaired) electrons. The Kier molecular flexibility index (Phi) is 4.29. The minimum absolute atomic E-state index is 0.265. The number of benzene rings is 1. The van der Waals surface area contributed by atoms with Crippen LogP contribution >= 0.6 is 12.2 Å². The van der Waals surface area contributed by atoms with Gasteiger partial charge in [-0.2, -0.15) is 0 Å². The molecule has 0 fully saturated rings. The topological polar surface area (TPSA) is 110 Å². The fourth-order valence-corrected chi connectivity index (χ4v) is 1.78. The molecule has 1 aromatic carbocycles. The smallest absolute Gasteiger partial charge is 0.265 e. The van der Waals surface area contributed by atoms with E-state index in [-0.39, 0.29) is 11.5 Å². The summed E-state index contributed by atoms with van der Waals surface area (Å²) in [4.78, 5) is 34.7. The Labute approximate surface area is 124 Å². The highest BCUT2D eigenvalue weighted by molar-refractivity contribution is 7.80. The molecule has 1 amide bonds. The fraction of sp³-hybridized carbons (Fsp3) is 0.0769. The van der Waals surface area contributed by atoms with Crippen molar-refractivity contribution in [1.82, 2.24) is 9.78 Å². The van der Waals surface area contributed by atoms with Crippen molar-refractivity contribution in [3.05, 3.63) is 62.7 Å². The van der Waals surface area contributed by atoms with Crippen LogP contribution in [0.2, 0.25) is 0 Å². The molecule has 2 rings (SSSR count). The van der Waals surface area contributed by atoms with Crippen LogP contribution in [0.5, 0.6) is 0 Å². The summed E-state index contributed by atoms with van der Waals surface area (Å²) in [5.41, 5.74) is 5.77. The first-order valence-electron chi connectivity index (χ1n) is 5.95. The molecule has 7 nitrogen and oxygen atoms in total. The van der Waals surface area contributed by atoms with Crippen LogP contribution in [-0.2, 0) is 11.3 Å². The summed E-state index contributed by atoms with van der Waals surface area (Å²) in [7, 11) is 0. The molecule has 1 heterocycles. The molecular formula is C13H12N4O3S. The number of hydrogen-bond donors (Lipinski definition) is 3. The first-order chi connectivity index (χ1) is 9.95. The molecule has 0 aliphatic heterocycles. The largest absolute Gasteiger partial charge is 0.389 e. The maximum Gasteiger partial charge on any atom is 0.265 e. The van der Waals surface area contributed by atoms with E-state index in [2.05, 4.69) is 10.4 Å². The number of thiocarbonyl (C=S) groups is 1. The van der Waals surface area contributed by atoms with Crippen LogP contribution in [0.3, 0.4) is 0 Å². The van der Waals surface area contributed by atoms with Crippen LogP contribution in [0.1, 0.15) is 5.56 Å². The lowest BCUT2D eigenvalue weighted by atomic mass is 10.2. The number of anilines is 1. The lowest BCUT2D eigenvalue weighted by molar-refractivity contribution is -0.117. The van der Waals surface area contributed by atoms with Gasteiger partial charge in [0.25, 0.3) is 11.1 Å². The first kappa shape index (κ1) is 14.7. The second-order valence-electron chi connectivity index (χ2n) is 4.22. The maximum absolute atomic E-state index is 11.8. The second-order valence-corrected chi connectivity index (χ2v) is 4.66. The monoisotopic (exact) mass is 304 g/mol. The Morgan fingerprint density at radius 1 is 1.19 bits per heavy atom. The quantitative estimate of drug-likeness (QED) is 0.678. The standard InChI is InChI=1S/C13H12N4O3S/c14-13(21)8-1-3-9(4-2-8)15-11(19)7-17-12(20)6-5-10(18)16-17/h1-6H,7H2,(H2,14,21)(H,15,19)(H,16,18). The van der Waals surface area contributed by atoms with Gasteiger partial charge in [-0.15, -0.1) is 0 Å². The van der Waals surface area contributed by atoms with E-state index in [0.29, 0.717) is 11.3 Å². The van der Waals surface area contributed by atoms with Gasteiger partial charge >= 0.3 is 0 Å². The summed E-state index contributed by atoms with van der Waals surface area (Å²) >= 11 is 4.83. The van der Waals surface area contributed by atoms with E-state index >= 15 is 0 Å². The summed E-state index contributed by atoms with van der Waals surface area (Å²) in [6.45, 7) is -0.286. The zero-order chi connectivity index (χ0) is 15.4. The minimum Gasteiger partial charge on any atom is -0.389 e. The molecular weight excluding hydrogens is 292 g/mol. The van der Waals surface area contributed by atoms with Crippen LogP contribution in [0, 0.1) is 0 Å². The average Bonchev–Trinajstić information content (AvgIpc) is 2.43. The van der Waals surface area contributed by atoms with Gasteiger partial charge in [0.1, 0.15) is 11.5 Å². The molecule has 1 aromatic heterocycles. The highest BCUT2D eigenvalue weighted by Crippen LogP contribution is 2.09. The van der Waals surface area contributed by atoms with Crippen LogP contribution < -0.4 is 22.2 Å². The van der Waals surface area contributed by atoms with Gasteiger partial charge in [0.15, 0.2) is 0 Å². The number of nitrogens with two attached hydrogens (primary N) is 1. The van der Waals surface area contributed by atoms with Gasteiger partial charge in [0.05, 0.1) is 0 Å². The summed E-state index contributed by atoms with van der Waals surface area (Å²) in [6, 6.07) is 8.84. The molecule has 8 heteroatoms. The average molecular weight is 304 g/mol. The third-order valence-electron chi connectivity index (χ3n) is 2.64. The number of aromatic amines is 1. The van der Waals surface area contributed by atoms with Crippen molar-refractivity contribution in [1.29, 1.82) is 0 Å². The van der Waals surface area contributed by atoms with E-state index < -0.39 is 17.0 Å². The molecule has 0 saturated heterocycles. The number of carbonyl (C=O) groups is 1. The van der Waals surface area contributed by atoms with E-state index in [9.17, 15) is 14.4 Å². The SMILES string of the molecule is NC(=S)c1ccc(NC(=O)Cn2[nH]c(=O)ccc2=O)cc1. The molecule has 2 aromatic rings. The fourth-order valence-electron chi connectivity index (χ4n) is 1.64. The Hall–Kier alpha value is -2.74. The van der Waals surface area contributed by atoms with E-state index in [4.69, 9.17) is 18.0 Å². The summed E-state index contributed by atoms with van der Waals surface area (Å²) in [5, 5.41) is 4.87. The number of carbonyl (C=O) groups excluding carboxylic acids is 1.